The molecule has 0 aromatic rings. The van der Waals surface area contributed by atoms with E-state index >= 15 is 0 Å². The van der Waals surface area contributed by atoms with Crippen LogP contribution in [0.25, 0.3) is 0 Å². The highest BCUT2D eigenvalue weighted by Crippen LogP contribution is 2.25. The molecule has 0 aromatic carbocycles. The third-order valence-electron chi connectivity index (χ3n) is 3.73. The number of amides is 1. The third kappa shape index (κ3) is 2.98. The summed E-state index contributed by atoms with van der Waals surface area (Å²) in [5.74, 6) is -0.280. The van der Waals surface area contributed by atoms with Gasteiger partial charge in [-0.3, -0.25) is 4.79 Å². The smallest absolute Gasteiger partial charge is 0.226 e. The molecule has 2 aliphatic heterocycles. The van der Waals surface area contributed by atoms with E-state index in [1.54, 1.807) is 11.8 Å². The molecule has 1 unspecified atom stereocenters. The predicted octanol–water partition coefficient (Wildman–Crippen LogP) is -0.206. The van der Waals surface area contributed by atoms with Crippen molar-refractivity contribution >= 4 is 15.7 Å². The topological polar surface area (TPSA) is 74.7 Å². The lowest BCUT2D eigenvalue weighted by atomic mass is 9.93. The van der Waals surface area contributed by atoms with E-state index in [2.05, 4.69) is 0 Å². The lowest BCUT2D eigenvalue weighted by molar-refractivity contribution is -0.138. The molecule has 6 heteroatoms. The van der Waals surface area contributed by atoms with Crippen molar-refractivity contribution in [2.24, 2.45) is 5.92 Å². The molecule has 0 spiro atoms. The molecule has 1 amide bonds. The fourth-order valence-corrected chi connectivity index (χ4v) is 4.19. The molecule has 2 fully saturated rings. The van der Waals surface area contributed by atoms with Gasteiger partial charge >= 0.3 is 0 Å². The molecule has 0 radical (unpaired) electrons. The summed E-state index contributed by atoms with van der Waals surface area (Å²) in [5.41, 5.74) is -0.682. The molecule has 5 nitrogen and oxygen atoms in total. The molecule has 2 rings (SSSR count). The maximum Gasteiger partial charge on any atom is 0.226 e. The Morgan fingerprint density at radius 2 is 1.94 bits per heavy atom. The fourth-order valence-electron chi connectivity index (χ4n) is 2.46. The minimum Gasteiger partial charge on any atom is -0.390 e. The van der Waals surface area contributed by atoms with Crippen molar-refractivity contribution < 1.29 is 18.3 Å². The molecular weight excluding hydrogens is 242 g/mol. The van der Waals surface area contributed by atoms with Gasteiger partial charge in [-0.15, -0.1) is 0 Å². The van der Waals surface area contributed by atoms with Gasteiger partial charge in [0.05, 0.1) is 23.0 Å². The maximum atomic E-state index is 12.1. The quantitative estimate of drug-likeness (QED) is 0.709. The second-order valence-corrected chi connectivity index (χ2v) is 7.65. The molecule has 0 aromatic heterocycles. The van der Waals surface area contributed by atoms with Gasteiger partial charge < -0.3 is 10.0 Å². The van der Waals surface area contributed by atoms with Gasteiger partial charge in [0.15, 0.2) is 9.84 Å². The number of hydrogen-bond acceptors (Lipinski definition) is 4. The van der Waals surface area contributed by atoms with E-state index in [1.165, 1.54) is 0 Å². The summed E-state index contributed by atoms with van der Waals surface area (Å²) < 4.78 is 22.6. The Morgan fingerprint density at radius 3 is 2.41 bits per heavy atom. The summed E-state index contributed by atoms with van der Waals surface area (Å²) in [6.07, 6.45) is 1.59. The Labute approximate surface area is 102 Å². The first-order valence-electron chi connectivity index (χ1n) is 6.01. The Bertz CT molecular complexity index is 405. The highest BCUT2D eigenvalue weighted by Gasteiger charge is 2.37. The van der Waals surface area contributed by atoms with E-state index in [0.29, 0.717) is 32.4 Å². The molecule has 1 N–H and O–H groups in total. The van der Waals surface area contributed by atoms with Gasteiger partial charge in [-0.05, 0) is 26.2 Å². The highest BCUT2D eigenvalue weighted by molar-refractivity contribution is 7.91. The van der Waals surface area contributed by atoms with E-state index in [0.717, 1.165) is 0 Å². The number of nitrogens with zero attached hydrogens (tertiary/aromatic N) is 1. The minimum absolute atomic E-state index is 0.00126. The van der Waals surface area contributed by atoms with Crippen molar-refractivity contribution in [2.75, 3.05) is 24.6 Å². The van der Waals surface area contributed by atoms with Crippen LogP contribution in [0.3, 0.4) is 0 Å². The van der Waals surface area contributed by atoms with Gasteiger partial charge in [0.2, 0.25) is 5.91 Å². The number of rotatable bonds is 1. The van der Waals surface area contributed by atoms with Crippen molar-refractivity contribution in [2.45, 2.75) is 31.8 Å². The number of carbonyl (C=O) groups is 1. The molecule has 2 heterocycles. The standard InChI is InChI=1S/C11H19NO4S/c1-11(14)3-5-12(6-4-11)10(13)9-2-7-17(15,16)8-9/h9,14H,2-8H2,1H3. The molecule has 17 heavy (non-hydrogen) atoms. The van der Waals surface area contributed by atoms with Crippen LogP contribution in [-0.2, 0) is 14.6 Å². The van der Waals surface area contributed by atoms with Crippen LogP contribution in [0.2, 0.25) is 0 Å². The van der Waals surface area contributed by atoms with Gasteiger partial charge in [-0.2, -0.15) is 0 Å². The highest BCUT2D eigenvalue weighted by atomic mass is 32.2. The molecule has 0 saturated carbocycles. The molecule has 2 saturated heterocycles. The monoisotopic (exact) mass is 261 g/mol. The second kappa shape index (κ2) is 4.24. The summed E-state index contributed by atoms with van der Waals surface area (Å²) in [6.45, 7) is 2.83. The molecule has 0 bridgehead atoms. The van der Waals surface area contributed by atoms with Crippen LogP contribution in [0.4, 0.5) is 0 Å². The van der Waals surface area contributed by atoms with Crippen molar-refractivity contribution in [1.29, 1.82) is 0 Å². The van der Waals surface area contributed by atoms with Crippen LogP contribution < -0.4 is 0 Å². The summed E-state index contributed by atoms with van der Waals surface area (Å²) in [5, 5.41) is 9.79. The SMILES string of the molecule is CC1(O)CCN(C(=O)C2CCS(=O)(=O)C2)CC1. The van der Waals surface area contributed by atoms with Crippen LogP contribution in [0, 0.1) is 5.92 Å². The normalized spacial score (nSPS) is 31.4. The first-order chi connectivity index (χ1) is 7.79. The minimum atomic E-state index is -3.00. The molecule has 98 valence electrons. The second-order valence-electron chi connectivity index (χ2n) is 5.42. The summed E-state index contributed by atoms with van der Waals surface area (Å²) in [4.78, 5) is 13.8. The first kappa shape index (κ1) is 12.8. The number of piperidine rings is 1. The van der Waals surface area contributed by atoms with Crippen LogP contribution in [0.5, 0.6) is 0 Å². The van der Waals surface area contributed by atoms with Gasteiger partial charge in [-0.25, -0.2) is 8.42 Å². The average molecular weight is 261 g/mol. The fraction of sp³-hybridized carbons (Fsp3) is 0.909. The predicted molar refractivity (Wildman–Crippen MR) is 63.2 cm³/mol. The molecule has 1 atom stereocenters. The van der Waals surface area contributed by atoms with Gasteiger partial charge in [-0.1, -0.05) is 0 Å². The van der Waals surface area contributed by atoms with Crippen molar-refractivity contribution in [3.05, 3.63) is 0 Å². The third-order valence-corrected chi connectivity index (χ3v) is 5.50. The maximum absolute atomic E-state index is 12.1. The van der Waals surface area contributed by atoms with Crippen molar-refractivity contribution in [1.82, 2.24) is 4.90 Å². The van der Waals surface area contributed by atoms with E-state index in [-0.39, 0.29) is 23.3 Å². The summed E-state index contributed by atoms with van der Waals surface area (Å²) in [7, 11) is -3.00. The van der Waals surface area contributed by atoms with E-state index in [9.17, 15) is 18.3 Å². The lowest BCUT2D eigenvalue weighted by Crippen LogP contribution is -2.47. The van der Waals surface area contributed by atoms with Crippen molar-refractivity contribution in [3.8, 4) is 0 Å². The number of sulfone groups is 1. The van der Waals surface area contributed by atoms with Crippen molar-refractivity contribution in [3.63, 3.8) is 0 Å². The van der Waals surface area contributed by atoms with Crippen LogP contribution >= 0.6 is 0 Å². The van der Waals surface area contributed by atoms with Crippen LogP contribution in [-0.4, -0.2) is 54.5 Å². The van der Waals surface area contributed by atoms with E-state index in [4.69, 9.17) is 0 Å². The van der Waals surface area contributed by atoms with Crippen LogP contribution in [0.1, 0.15) is 26.2 Å². The average Bonchev–Trinajstić information content (AvgIpc) is 2.58. The number of hydrogen-bond donors (Lipinski definition) is 1. The van der Waals surface area contributed by atoms with Crippen LogP contribution in [0.15, 0.2) is 0 Å². The zero-order chi connectivity index (χ0) is 12.7. The number of likely N-dealkylation sites (tertiary alicyclic amines) is 1. The Kier molecular flexibility index (Phi) is 3.20. The molecule has 0 aliphatic carbocycles. The summed E-state index contributed by atoms with van der Waals surface area (Å²) >= 11 is 0. The van der Waals surface area contributed by atoms with Gasteiger partial charge in [0.25, 0.3) is 0 Å². The summed E-state index contributed by atoms with van der Waals surface area (Å²) in [6, 6.07) is 0. The number of carbonyl (C=O) groups excluding carboxylic acids is 1. The molecular formula is C11H19NO4S. The first-order valence-corrected chi connectivity index (χ1v) is 7.83. The van der Waals surface area contributed by atoms with E-state index in [1.807, 2.05) is 0 Å². The largest absolute Gasteiger partial charge is 0.390 e. The zero-order valence-electron chi connectivity index (χ0n) is 10.1. The zero-order valence-corrected chi connectivity index (χ0v) is 10.9. The Morgan fingerprint density at radius 1 is 1.35 bits per heavy atom. The van der Waals surface area contributed by atoms with Gasteiger partial charge in [0, 0.05) is 13.1 Å². The van der Waals surface area contributed by atoms with Gasteiger partial charge in [0.1, 0.15) is 0 Å². The number of aliphatic hydroxyl groups is 1. The molecule has 2 aliphatic rings. The lowest BCUT2D eigenvalue weighted by Gasteiger charge is -2.36. The van der Waals surface area contributed by atoms with E-state index < -0.39 is 15.4 Å². The Balaban J connectivity index is 1.94. The Hall–Kier alpha value is -0.620.